The van der Waals surface area contributed by atoms with E-state index in [9.17, 15) is 9.59 Å². The number of nitrogens with one attached hydrogen (secondary N) is 1. The van der Waals surface area contributed by atoms with Crippen molar-refractivity contribution in [3.8, 4) is 22.8 Å². The number of fused-ring (bicyclic) bond motifs is 2. The van der Waals surface area contributed by atoms with Crippen LogP contribution in [0, 0.1) is 0 Å². The smallest absolute Gasteiger partial charge is 0.410 e. The molecule has 1 aliphatic rings. The molecule has 0 radical (unpaired) electrons. The van der Waals surface area contributed by atoms with E-state index in [-0.39, 0.29) is 24.4 Å². The molecule has 0 atom stereocenters. The Kier molecular flexibility index (Phi) is 10.1. The highest BCUT2D eigenvalue weighted by Gasteiger charge is 2.27. The molecule has 5 aromatic rings. The Morgan fingerprint density at radius 1 is 1.02 bits per heavy atom. The van der Waals surface area contributed by atoms with Crippen LogP contribution in [0.25, 0.3) is 22.4 Å². The zero-order valence-corrected chi connectivity index (χ0v) is 30.6. The molecule has 50 heavy (non-hydrogen) atoms. The van der Waals surface area contributed by atoms with Gasteiger partial charge in [0.15, 0.2) is 11.5 Å². The van der Waals surface area contributed by atoms with Crippen LogP contribution < -0.4 is 10.1 Å². The van der Waals surface area contributed by atoms with E-state index < -0.39 is 13.7 Å². The number of pyridine rings is 1. The van der Waals surface area contributed by atoms with Gasteiger partial charge in [0.2, 0.25) is 0 Å². The normalized spacial score (nSPS) is 13.3. The molecule has 0 saturated heterocycles. The lowest BCUT2D eigenvalue weighted by Gasteiger charge is -2.31. The van der Waals surface area contributed by atoms with E-state index in [1.165, 1.54) is 5.56 Å². The van der Waals surface area contributed by atoms with Crippen LogP contribution in [0.4, 0.5) is 4.79 Å². The van der Waals surface area contributed by atoms with Crippen LogP contribution in [0.1, 0.15) is 48.0 Å². The number of carbonyl (C=O) groups is 2. The first-order chi connectivity index (χ1) is 23.8. The molecule has 6 rings (SSSR count). The van der Waals surface area contributed by atoms with Gasteiger partial charge in [0.1, 0.15) is 29.5 Å². The summed E-state index contributed by atoms with van der Waals surface area (Å²) in [4.78, 5) is 32.3. The van der Waals surface area contributed by atoms with Gasteiger partial charge in [-0.3, -0.25) is 4.79 Å². The average molecular weight is 696 g/mol. The fourth-order valence-electron chi connectivity index (χ4n) is 5.68. The Morgan fingerprint density at radius 2 is 1.82 bits per heavy atom. The van der Waals surface area contributed by atoms with Crippen LogP contribution in [0.2, 0.25) is 25.7 Å². The van der Waals surface area contributed by atoms with Crippen LogP contribution in [-0.4, -0.2) is 58.4 Å². The minimum atomic E-state index is -1.28. The second kappa shape index (κ2) is 14.5. The standard InChI is InChI=1S/C38H45N5O6Si/c1-38(2,3)48-37(45)42-17-15-27-12-13-29(20-28(27)23-42)47-32-14-16-39-35-34(32)30(24-43(35)25-46-18-19-50(4,5)6)33-21-31(41-49-33)36(44)40-22-26-10-8-7-9-11-26/h7-14,16,20-21,24H,15,17-19,22-23,25H2,1-6H3,(H,40,44). The van der Waals surface area contributed by atoms with Gasteiger partial charge >= 0.3 is 6.09 Å². The molecular weight excluding hydrogens is 651 g/mol. The first kappa shape index (κ1) is 34.9. The third kappa shape index (κ3) is 8.61. The van der Waals surface area contributed by atoms with Gasteiger partial charge in [0.05, 0.1) is 10.9 Å². The number of amides is 2. The summed E-state index contributed by atoms with van der Waals surface area (Å²) in [6.45, 7) is 14.9. The van der Waals surface area contributed by atoms with Gasteiger partial charge in [0.25, 0.3) is 5.91 Å². The lowest BCUT2D eigenvalue weighted by Crippen LogP contribution is -2.39. The van der Waals surface area contributed by atoms with Crippen molar-refractivity contribution in [2.24, 2.45) is 0 Å². The summed E-state index contributed by atoms with van der Waals surface area (Å²) in [5.41, 5.74) is 4.05. The van der Waals surface area contributed by atoms with Crippen molar-refractivity contribution < 1.29 is 28.3 Å². The summed E-state index contributed by atoms with van der Waals surface area (Å²) < 4.78 is 26.0. The van der Waals surface area contributed by atoms with E-state index in [4.69, 9.17) is 23.7 Å². The minimum absolute atomic E-state index is 0.166. The van der Waals surface area contributed by atoms with Crippen molar-refractivity contribution in [1.82, 2.24) is 24.9 Å². The van der Waals surface area contributed by atoms with Crippen LogP contribution in [0.5, 0.6) is 11.5 Å². The summed E-state index contributed by atoms with van der Waals surface area (Å²) in [5.74, 6) is 1.23. The molecule has 0 unspecified atom stereocenters. The van der Waals surface area contributed by atoms with Crippen LogP contribution >= 0.6 is 0 Å². The molecule has 0 fully saturated rings. The van der Waals surface area contributed by atoms with Crippen molar-refractivity contribution in [3.63, 3.8) is 0 Å². The number of carbonyl (C=O) groups excluding carboxylic acids is 2. The van der Waals surface area contributed by atoms with E-state index >= 15 is 0 Å². The van der Waals surface area contributed by atoms with Crippen molar-refractivity contribution in [2.75, 3.05) is 13.2 Å². The summed E-state index contributed by atoms with van der Waals surface area (Å²) in [5, 5.41) is 7.70. The van der Waals surface area contributed by atoms with Gasteiger partial charge in [-0.05, 0) is 68.1 Å². The molecule has 2 aromatic carbocycles. The first-order valence-electron chi connectivity index (χ1n) is 17.0. The van der Waals surface area contributed by atoms with Crippen LogP contribution in [0.15, 0.2) is 77.6 Å². The molecular formula is C38H45N5O6Si. The fourth-order valence-corrected chi connectivity index (χ4v) is 6.44. The minimum Gasteiger partial charge on any atom is -0.457 e. The Bertz CT molecular complexity index is 1980. The number of rotatable bonds is 11. The number of aromatic nitrogens is 3. The summed E-state index contributed by atoms with van der Waals surface area (Å²) in [6, 6.07) is 20.1. The Labute approximate surface area is 293 Å². The molecule has 2 amide bonds. The van der Waals surface area contributed by atoms with E-state index in [2.05, 4.69) is 30.1 Å². The lowest BCUT2D eigenvalue weighted by atomic mass is 10.00. The molecule has 12 heteroatoms. The summed E-state index contributed by atoms with van der Waals surface area (Å²) in [7, 11) is -1.28. The summed E-state index contributed by atoms with van der Waals surface area (Å²) in [6.07, 6.45) is 4.00. The zero-order valence-electron chi connectivity index (χ0n) is 29.6. The number of nitrogens with zero attached hydrogens (tertiary/aromatic N) is 4. The van der Waals surface area contributed by atoms with Crippen molar-refractivity contribution in [3.05, 3.63) is 95.4 Å². The van der Waals surface area contributed by atoms with Crippen molar-refractivity contribution in [1.29, 1.82) is 0 Å². The maximum atomic E-state index is 13.0. The predicted octanol–water partition coefficient (Wildman–Crippen LogP) is 8.02. The predicted molar refractivity (Wildman–Crippen MR) is 194 cm³/mol. The van der Waals surface area contributed by atoms with E-state index in [1.807, 2.05) is 80.1 Å². The molecule has 0 saturated carbocycles. The van der Waals surface area contributed by atoms with Gasteiger partial charge in [-0.25, -0.2) is 9.78 Å². The topological polar surface area (TPSA) is 121 Å². The maximum absolute atomic E-state index is 13.0. The largest absolute Gasteiger partial charge is 0.457 e. The number of ether oxygens (including phenoxy) is 3. The highest BCUT2D eigenvalue weighted by molar-refractivity contribution is 6.76. The SMILES string of the molecule is CC(C)(C)OC(=O)N1CCc2ccc(Oc3ccnc4c3c(-c3cc(C(=O)NCc5ccccc5)no3)cn4COCC[Si](C)(C)C)cc2C1. The van der Waals surface area contributed by atoms with Crippen LogP contribution in [0.3, 0.4) is 0 Å². The van der Waals surface area contributed by atoms with Gasteiger partial charge in [0, 0.05) is 52.8 Å². The highest BCUT2D eigenvalue weighted by Crippen LogP contribution is 2.39. The zero-order chi connectivity index (χ0) is 35.5. The van der Waals surface area contributed by atoms with Crippen LogP contribution in [-0.2, 0) is 35.7 Å². The van der Waals surface area contributed by atoms with Gasteiger partial charge in [-0.2, -0.15) is 0 Å². The van der Waals surface area contributed by atoms with E-state index in [1.54, 1.807) is 23.2 Å². The monoisotopic (exact) mass is 695 g/mol. The lowest BCUT2D eigenvalue weighted by molar-refractivity contribution is 0.0223. The molecule has 1 aliphatic heterocycles. The second-order valence-corrected chi connectivity index (χ2v) is 20.4. The third-order valence-electron chi connectivity index (χ3n) is 8.32. The second-order valence-electron chi connectivity index (χ2n) is 14.8. The molecule has 3 aromatic heterocycles. The quantitative estimate of drug-likeness (QED) is 0.109. The van der Waals surface area contributed by atoms with Gasteiger partial charge < -0.3 is 33.5 Å². The number of hydrogen-bond acceptors (Lipinski definition) is 8. The van der Waals surface area contributed by atoms with Crippen molar-refractivity contribution >= 4 is 31.1 Å². The Balaban J connectivity index is 1.28. The van der Waals surface area contributed by atoms with E-state index in [0.717, 1.165) is 23.6 Å². The molecule has 0 bridgehead atoms. The molecule has 262 valence electrons. The number of benzene rings is 2. The highest BCUT2D eigenvalue weighted by atomic mass is 28.3. The Morgan fingerprint density at radius 3 is 2.58 bits per heavy atom. The average Bonchev–Trinajstić information content (AvgIpc) is 3.71. The molecule has 1 N–H and O–H groups in total. The first-order valence-corrected chi connectivity index (χ1v) is 20.7. The van der Waals surface area contributed by atoms with E-state index in [0.29, 0.717) is 60.1 Å². The Hall–Kier alpha value is -4.94. The summed E-state index contributed by atoms with van der Waals surface area (Å²) >= 11 is 0. The fraction of sp³-hybridized carbons (Fsp3) is 0.368. The number of hydrogen-bond donors (Lipinski definition) is 1. The van der Waals surface area contributed by atoms with Gasteiger partial charge in [-0.15, -0.1) is 0 Å². The molecule has 4 heterocycles. The van der Waals surface area contributed by atoms with Crippen molar-refractivity contribution in [2.45, 2.75) is 78.3 Å². The molecule has 0 aliphatic carbocycles. The third-order valence-corrected chi connectivity index (χ3v) is 10.0. The van der Waals surface area contributed by atoms with Gasteiger partial charge in [-0.1, -0.05) is 61.2 Å². The maximum Gasteiger partial charge on any atom is 0.410 e. The molecule has 0 spiro atoms. The molecule has 11 nitrogen and oxygen atoms in total.